The Hall–Kier alpha value is -0.800. The molecule has 2 rings (SSSR count). The molecule has 27 heavy (non-hydrogen) atoms. The van der Waals surface area contributed by atoms with Crippen LogP contribution < -0.4 is 10.6 Å². The molecule has 1 unspecified atom stereocenters. The number of furan rings is 1. The fraction of sp³-hybridized carbons (Fsp3) is 0.750. The monoisotopic (exact) mass is 492 g/mol. The lowest BCUT2D eigenvalue weighted by Crippen LogP contribution is -2.39. The summed E-state index contributed by atoms with van der Waals surface area (Å²) in [5, 5.41) is 6.74. The Balaban J connectivity index is 0.00000364. The molecule has 0 aromatic carbocycles. The zero-order valence-corrected chi connectivity index (χ0v) is 19.4. The topological polar surface area (TPSA) is 62.0 Å². The van der Waals surface area contributed by atoms with Crippen molar-refractivity contribution in [3.05, 3.63) is 24.2 Å². The van der Waals surface area contributed by atoms with E-state index in [1.807, 2.05) is 6.07 Å². The van der Waals surface area contributed by atoms with Crippen molar-refractivity contribution >= 4 is 29.9 Å². The van der Waals surface area contributed by atoms with E-state index in [-0.39, 0.29) is 30.0 Å². The summed E-state index contributed by atoms with van der Waals surface area (Å²) >= 11 is 0. The summed E-state index contributed by atoms with van der Waals surface area (Å²) < 4.78 is 11.3. The summed E-state index contributed by atoms with van der Waals surface area (Å²) in [5.41, 5.74) is 0. The second-order valence-electron chi connectivity index (χ2n) is 7.24. The predicted molar refractivity (Wildman–Crippen MR) is 122 cm³/mol. The van der Waals surface area contributed by atoms with Gasteiger partial charge in [-0.05, 0) is 57.3 Å². The highest BCUT2D eigenvalue weighted by atomic mass is 127. The van der Waals surface area contributed by atoms with Gasteiger partial charge < -0.3 is 19.8 Å². The smallest absolute Gasteiger partial charge is 0.191 e. The van der Waals surface area contributed by atoms with Crippen LogP contribution in [-0.2, 0) is 4.74 Å². The lowest BCUT2D eigenvalue weighted by atomic mass is 10.2. The Kier molecular flexibility index (Phi) is 12.8. The maximum atomic E-state index is 5.68. The largest absolute Gasteiger partial charge is 0.468 e. The summed E-state index contributed by atoms with van der Waals surface area (Å²) in [4.78, 5) is 7.29. The third-order valence-electron chi connectivity index (χ3n) is 4.43. The zero-order chi connectivity index (χ0) is 18.6. The number of hydrogen-bond acceptors (Lipinski definition) is 4. The van der Waals surface area contributed by atoms with Crippen LogP contribution in [-0.4, -0.2) is 56.8 Å². The quantitative estimate of drug-likeness (QED) is 0.214. The van der Waals surface area contributed by atoms with Crippen molar-refractivity contribution in [3.63, 3.8) is 0 Å². The van der Waals surface area contributed by atoms with Crippen molar-refractivity contribution in [1.29, 1.82) is 0 Å². The van der Waals surface area contributed by atoms with Gasteiger partial charge in [0.25, 0.3) is 0 Å². The SMILES string of the molecule is CCNC(=NCC(c1ccco1)N1CCCC1)NCCCOCC(C)C.I. The minimum Gasteiger partial charge on any atom is -0.468 e. The van der Waals surface area contributed by atoms with Crippen LogP contribution in [0.3, 0.4) is 0 Å². The Morgan fingerprint density at radius 3 is 2.70 bits per heavy atom. The van der Waals surface area contributed by atoms with Crippen LogP contribution in [0.2, 0.25) is 0 Å². The molecule has 2 heterocycles. The third-order valence-corrected chi connectivity index (χ3v) is 4.43. The van der Waals surface area contributed by atoms with Gasteiger partial charge in [0, 0.05) is 26.3 Å². The second-order valence-corrected chi connectivity index (χ2v) is 7.24. The van der Waals surface area contributed by atoms with Crippen molar-refractivity contribution in [2.45, 2.75) is 46.1 Å². The first-order chi connectivity index (χ1) is 12.7. The van der Waals surface area contributed by atoms with Gasteiger partial charge in [-0.2, -0.15) is 0 Å². The average Bonchev–Trinajstić information content (AvgIpc) is 3.32. The van der Waals surface area contributed by atoms with E-state index in [4.69, 9.17) is 14.1 Å². The van der Waals surface area contributed by atoms with Gasteiger partial charge in [0.15, 0.2) is 5.96 Å². The van der Waals surface area contributed by atoms with E-state index in [0.29, 0.717) is 12.5 Å². The first-order valence-corrected chi connectivity index (χ1v) is 10.1. The summed E-state index contributed by atoms with van der Waals surface area (Å²) in [6.45, 7) is 12.7. The highest BCUT2D eigenvalue weighted by molar-refractivity contribution is 14.0. The van der Waals surface area contributed by atoms with Gasteiger partial charge in [0.05, 0.1) is 18.8 Å². The lowest BCUT2D eigenvalue weighted by molar-refractivity contribution is 0.108. The Labute approximate surface area is 181 Å². The van der Waals surface area contributed by atoms with E-state index in [1.54, 1.807) is 6.26 Å². The second kappa shape index (κ2) is 14.2. The molecule has 1 atom stereocenters. The third kappa shape index (κ3) is 9.30. The van der Waals surface area contributed by atoms with Gasteiger partial charge in [0.2, 0.25) is 0 Å². The van der Waals surface area contributed by atoms with E-state index in [9.17, 15) is 0 Å². The molecular formula is C20H37IN4O2. The summed E-state index contributed by atoms with van der Waals surface area (Å²) in [7, 11) is 0. The molecule has 6 nitrogen and oxygen atoms in total. The van der Waals surface area contributed by atoms with E-state index in [1.165, 1.54) is 12.8 Å². The Bertz CT molecular complexity index is 502. The van der Waals surface area contributed by atoms with Crippen LogP contribution in [0, 0.1) is 5.92 Å². The number of rotatable bonds is 11. The molecule has 1 aromatic rings. The fourth-order valence-electron chi connectivity index (χ4n) is 3.14. The Morgan fingerprint density at radius 1 is 1.30 bits per heavy atom. The molecule has 1 aliphatic rings. The number of guanidine groups is 1. The first kappa shape index (κ1) is 24.2. The van der Waals surface area contributed by atoms with Gasteiger partial charge in [-0.3, -0.25) is 9.89 Å². The number of ether oxygens (including phenoxy) is 1. The van der Waals surface area contributed by atoms with Crippen molar-refractivity contribution in [1.82, 2.24) is 15.5 Å². The summed E-state index contributed by atoms with van der Waals surface area (Å²) in [6.07, 6.45) is 5.25. The summed E-state index contributed by atoms with van der Waals surface area (Å²) in [5.74, 6) is 2.46. The highest BCUT2D eigenvalue weighted by Crippen LogP contribution is 2.25. The van der Waals surface area contributed by atoms with Crippen molar-refractivity contribution in [2.24, 2.45) is 10.9 Å². The van der Waals surface area contributed by atoms with Gasteiger partial charge in [0.1, 0.15) is 5.76 Å². The number of halogens is 1. The number of hydrogen-bond donors (Lipinski definition) is 2. The van der Waals surface area contributed by atoms with Crippen molar-refractivity contribution < 1.29 is 9.15 Å². The molecule has 156 valence electrons. The molecule has 1 aliphatic heterocycles. The maximum Gasteiger partial charge on any atom is 0.191 e. The number of nitrogens with one attached hydrogen (secondary N) is 2. The molecule has 0 amide bonds. The molecule has 1 saturated heterocycles. The van der Waals surface area contributed by atoms with Crippen molar-refractivity contribution in [3.8, 4) is 0 Å². The zero-order valence-electron chi connectivity index (χ0n) is 17.1. The normalized spacial score (nSPS) is 16.4. The molecule has 7 heteroatoms. The van der Waals surface area contributed by atoms with Crippen LogP contribution in [0.15, 0.2) is 27.8 Å². The molecule has 0 radical (unpaired) electrons. The highest BCUT2D eigenvalue weighted by Gasteiger charge is 2.25. The lowest BCUT2D eigenvalue weighted by Gasteiger charge is -2.24. The minimum absolute atomic E-state index is 0. The predicted octanol–water partition coefficient (Wildman–Crippen LogP) is 3.65. The van der Waals surface area contributed by atoms with Crippen molar-refractivity contribution in [2.75, 3.05) is 45.9 Å². The Morgan fingerprint density at radius 2 is 2.07 bits per heavy atom. The molecule has 0 spiro atoms. The van der Waals surface area contributed by atoms with Crippen LogP contribution in [0.4, 0.5) is 0 Å². The number of likely N-dealkylation sites (tertiary alicyclic amines) is 1. The van der Waals surface area contributed by atoms with E-state index >= 15 is 0 Å². The van der Waals surface area contributed by atoms with Crippen LogP contribution >= 0.6 is 24.0 Å². The fourth-order valence-corrected chi connectivity index (χ4v) is 3.14. The average molecular weight is 492 g/mol. The van der Waals surface area contributed by atoms with E-state index in [0.717, 1.165) is 57.5 Å². The van der Waals surface area contributed by atoms with Gasteiger partial charge in [-0.25, -0.2) is 0 Å². The maximum absolute atomic E-state index is 5.68. The minimum atomic E-state index is 0. The molecule has 0 saturated carbocycles. The summed E-state index contributed by atoms with van der Waals surface area (Å²) in [6, 6.07) is 4.24. The van der Waals surface area contributed by atoms with Gasteiger partial charge >= 0.3 is 0 Å². The molecular weight excluding hydrogens is 455 g/mol. The van der Waals surface area contributed by atoms with E-state index in [2.05, 4.69) is 42.4 Å². The molecule has 1 fully saturated rings. The molecule has 1 aromatic heterocycles. The molecule has 0 aliphatic carbocycles. The molecule has 0 bridgehead atoms. The standard InChI is InChI=1S/C20H36N4O2.HI/c1-4-21-20(22-10-8-13-25-16-17(2)3)23-15-18(19-9-7-14-26-19)24-11-5-6-12-24;/h7,9,14,17-18H,4-6,8,10-13,15-16H2,1-3H3,(H2,21,22,23);1H. The van der Waals surface area contributed by atoms with Gasteiger partial charge in [-0.15, -0.1) is 24.0 Å². The van der Waals surface area contributed by atoms with Gasteiger partial charge in [-0.1, -0.05) is 13.8 Å². The first-order valence-electron chi connectivity index (χ1n) is 10.1. The molecule has 2 N–H and O–H groups in total. The van der Waals surface area contributed by atoms with E-state index < -0.39 is 0 Å². The van der Waals surface area contributed by atoms with Crippen LogP contribution in [0.25, 0.3) is 0 Å². The van der Waals surface area contributed by atoms with Crippen LogP contribution in [0.5, 0.6) is 0 Å². The number of nitrogens with zero attached hydrogens (tertiary/aromatic N) is 2. The van der Waals surface area contributed by atoms with Crippen LogP contribution in [0.1, 0.15) is 51.8 Å². The number of aliphatic imine (C=N–C) groups is 1.